The van der Waals surface area contributed by atoms with Crippen LogP contribution in [-0.4, -0.2) is 57.3 Å². The first kappa shape index (κ1) is 26.4. The fourth-order valence-corrected chi connectivity index (χ4v) is 4.36. The van der Waals surface area contributed by atoms with Crippen LogP contribution in [-0.2, 0) is 20.9 Å². The van der Waals surface area contributed by atoms with E-state index in [1.165, 1.54) is 21.8 Å². The normalized spacial score (nSPS) is 16.1. The van der Waals surface area contributed by atoms with Crippen LogP contribution in [0.2, 0.25) is 0 Å². The summed E-state index contributed by atoms with van der Waals surface area (Å²) in [5.74, 6) is -1.02. The van der Waals surface area contributed by atoms with Gasteiger partial charge in [-0.25, -0.2) is 4.39 Å². The smallest absolute Gasteiger partial charge is 0.251 e. The second-order valence-corrected chi connectivity index (χ2v) is 9.75. The van der Waals surface area contributed by atoms with Gasteiger partial charge in [0.2, 0.25) is 11.7 Å². The van der Waals surface area contributed by atoms with Crippen LogP contribution >= 0.6 is 0 Å². The first-order valence-electron chi connectivity index (χ1n) is 12.6. The lowest BCUT2D eigenvalue weighted by Gasteiger charge is -2.32. The van der Waals surface area contributed by atoms with E-state index >= 15 is 0 Å². The molecule has 1 N–H and O–H groups in total. The van der Waals surface area contributed by atoms with Gasteiger partial charge in [0.15, 0.2) is 0 Å². The highest BCUT2D eigenvalue weighted by molar-refractivity contribution is 6.00. The number of halogens is 1. The number of nitrogens with one attached hydrogen (secondary N) is 1. The predicted octanol–water partition coefficient (Wildman–Crippen LogP) is 3.53. The van der Waals surface area contributed by atoms with Crippen molar-refractivity contribution >= 4 is 17.5 Å². The van der Waals surface area contributed by atoms with Gasteiger partial charge in [0.1, 0.15) is 18.4 Å². The van der Waals surface area contributed by atoms with Crippen molar-refractivity contribution in [2.75, 3.05) is 18.1 Å². The van der Waals surface area contributed by atoms with E-state index in [0.717, 1.165) is 24.0 Å². The number of aromatic nitrogens is 4. The van der Waals surface area contributed by atoms with Gasteiger partial charge in [-0.3, -0.25) is 14.5 Å². The molecule has 1 aliphatic heterocycles. The van der Waals surface area contributed by atoms with E-state index in [4.69, 9.17) is 4.74 Å². The molecular formula is C27H33FN6O3. The average Bonchev–Trinajstić information content (AvgIpc) is 3.56. The largest absolute Gasteiger partial charge is 0.376 e. The van der Waals surface area contributed by atoms with Gasteiger partial charge in [-0.2, -0.15) is 4.80 Å². The van der Waals surface area contributed by atoms with Crippen molar-refractivity contribution in [3.63, 3.8) is 0 Å². The molecule has 1 fully saturated rings. The van der Waals surface area contributed by atoms with Crippen LogP contribution in [0.5, 0.6) is 0 Å². The fraction of sp³-hybridized carbons (Fsp3) is 0.444. The molecule has 0 saturated carbocycles. The van der Waals surface area contributed by atoms with E-state index in [-0.39, 0.29) is 30.2 Å². The van der Waals surface area contributed by atoms with Gasteiger partial charge in [-0.05, 0) is 49.5 Å². The van der Waals surface area contributed by atoms with Gasteiger partial charge in [-0.15, -0.1) is 10.2 Å². The van der Waals surface area contributed by atoms with Gasteiger partial charge in [-0.1, -0.05) is 55.8 Å². The molecule has 196 valence electrons. The Bertz CT molecular complexity index is 1210. The van der Waals surface area contributed by atoms with E-state index in [9.17, 15) is 14.0 Å². The van der Waals surface area contributed by atoms with Gasteiger partial charge in [0.05, 0.1) is 11.8 Å². The van der Waals surface area contributed by atoms with Gasteiger partial charge in [0, 0.05) is 18.7 Å². The molecule has 2 aromatic carbocycles. The summed E-state index contributed by atoms with van der Waals surface area (Å²) in [6, 6.07) is 12.7. The zero-order valence-corrected chi connectivity index (χ0v) is 21.4. The number of hydrogen-bond acceptors (Lipinski definition) is 6. The fourth-order valence-electron chi connectivity index (χ4n) is 4.36. The maximum Gasteiger partial charge on any atom is 0.251 e. The number of hydrogen-bond donors (Lipinski definition) is 1. The Balaban J connectivity index is 1.59. The van der Waals surface area contributed by atoms with Gasteiger partial charge < -0.3 is 10.1 Å². The first-order valence-corrected chi connectivity index (χ1v) is 12.6. The van der Waals surface area contributed by atoms with Crippen molar-refractivity contribution in [2.45, 2.75) is 58.7 Å². The number of carbonyl (C=O) groups excluding carboxylic acids is 2. The maximum atomic E-state index is 15.0. The SMILES string of the molecule is Cc1ccc(-c2nnn(CC(=O)N(c3ccccc3F)[C@H](CC(C)C)C(=O)NC[C@@H]3CCCO3)n2)cc1. The van der Waals surface area contributed by atoms with Crippen molar-refractivity contribution < 1.29 is 18.7 Å². The number of anilines is 1. The van der Waals surface area contributed by atoms with Gasteiger partial charge in [0.25, 0.3) is 5.91 Å². The van der Waals surface area contributed by atoms with Crippen LogP contribution in [0.15, 0.2) is 48.5 Å². The Hall–Kier alpha value is -3.66. The topological polar surface area (TPSA) is 102 Å². The highest BCUT2D eigenvalue weighted by Crippen LogP contribution is 2.25. The molecule has 1 saturated heterocycles. The molecule has 0 bridgehead atoms. The summed E-state index contributed by atoms with van der Waals surface area (Å²) < 4.78 is 20.6. The number of para-hydroxylation sites is 1. The molecule has 2 heterocycles. The average molecular weight is 509 g/mol. The summed E-state index contributed by atoms with van der Waals surface area (Å²) in [7, 11) is 0. The number of ether oxygens (including phenoxy) is 1. The highest BCUT2D eigenvalue weighted by Gasteiger charge is 2.34. The molecule has 4 rings (SSSR count). The third kappa shape index (κ3) is 6.76. The third-order valence-electron chi connectivity index (χ3n) is 6.26. The molecule has 0 aliphatic carbocycles. The van der Waals surface area contributed by atoms with Crippen LogP contribution < -0.4 is 10.2 Å². The van der Waals surface area contributed by atoms with Crippen molar-refractivity contribution in [3.05, 3.63) is 59.9 Å². The van der Waals surface area contributed by atoms with E-state index in [1.54, 1.807) is 12.1 Å². The van der Waals surface area contributed by atoms with E-state index in [2.05, 4.69) is 20.7 Å². The lowest BCUT2D eigenvalue weighted by molar-refractivity contribution is -0.127. The van der Waals surface area contributed by atoms with Gasteiger partial charge >= 0.3 is 0 Å². The molecule has 1 aromatic heterocycles. The number of aryl methyl sites for hydroxylation is 1. The summed E-state index contributed by atoms with van der Waals surface area (Å²) in [5.41, 5.74) is 1.89. The van der Waals surface area contributed by atoms with Crippen molar-refractivity contribution in [3.8, 4) is 11.4 Å². The van der Waals surface area contributed by atoms with Crippen LogP contribution in [0, 0.1) is 18.7 Å². The number of rotatable bonds is 10. The summed E-state index contributed by atoms with van der Waals surface area (Å²) in [5, 5.41) is 15.3. The second-order valence-electron chi connectivity index (χ2n) is 9.75. The summed E-state index contributed by atoms with van der Waals surface area (Å²) in [4.78, 5) is 29.5. The van der Waals surface area contributed by atoms with Crippen molar-refractivity contribution in [2.24, 2.45) is 5.92 Å². The Morgan fingerprint density at radius 2 is 1.95 bits per heavy atom. The minimum absolute atomic E-state index is 0.0317. The zero-order valence-electron chi connectivity index (χ0n) is 21.4. The zero-order chi connectivity index (χ0) is 26.4. The molecule has 0 radical (unpaired) electrons. The summed E-state index contributed by atoms with van der Waals surface area (Å²) >= 11 is 0. The van der Waals surface area contributed by atoms with Crippen LogP contribution in [0.3, 0.4) is 0 Å². The summed E-state index contributed by atoms with van der Waals surface area (Å²) in [6.07, 6.45) is 2.11. The molecule has 37 heavy (non-hydrogen) atoms. The molecule has 0 spiro atoms. The van der Waals surface area contributed by atoms with E-state index in [0.29, 0.717) is 25.4 Å². The molecule has 0 unspecified atom stereocenters. The van der Waals surface area contributed by atoms with Crippen LogP contribution in [0.25, 0.3) is 11.4 Å². The molecule has 1 aliphatic rings. The number of carbonyl (C=O) groups is 2. The maximum absolute atomic E-state index is 15.0. The third-order valence-corrected chi connectivity index (χ3v) is 6.26. The Morgan fingerprint density at radius 1 is 1.19 bits per heavy atom. The minimum Gasteiger partial charge on any atom is -0.376 e. The monoisotopic (exact) mass is 508 g/mol. The summed E-state index contributed by atoms with van der Waals surface area (Å²) in [6.45, 7) is 6.60. The number of benzene rings is 2. The molecular weight excluding hydrogens is 475 g/mol. The lowest BCUT2D eigenvalue weighted by Crippen LogP contribution is -2.52. The van der Waals surface area contributed by atoms with Crippen LogP contribution in [0.4, 0.5) is 10.1 Å². The standard InChI is InChI=1S/C27H33FN6O3/c1-18(2)15-24(27(36)29-16-21-7-6-14-37-21)34(23-9-5-4-8-22(23)28)25(35)17-33-31-26(30-32-33)20-12-10-19(3)11-13-20/h4-5,8-13,18,21,24H,6-7,14-17H2,1-3H3,(H,29,36)/t21-,24+/m0/s1. The molecule has 2 atom stereocenters. The van der Waals surface area contributed by atoms with Crippen molar-refractivity contribution in [1.82, 2.24) is 25.5 Å². The van der Waals surface area contributed by atoms with E-state index < -0.39 is 17.8 Å². The molecule has 9 nitrogen and oxygen atoms in total. The molecule has 2 amide bonds. The minimum atomic E-state index is -0.925. The Kier molecular flexibility index (Phi) is 8.60. The van der Waals surface area contributed by atoms with Crippen LogP contribution in [0.1, 0.15) is 38.7 Å². The number of nitrogens with zero attached hydrogens (tertiary/aromatic N) is 5. The highest BCUT2D eigenvalue weighted by atomic mass is 19.1. The second kappa shape index (κ2) is 12.1. The number of amides is 2. The molecule has 10 heteroatoms. The number of tetrazole rings is 1. The molecule has 3 aromatic rings. The Morgan fingerprint density at radius 3 is 2.62 bits per heavy atom. The van der Waals surface area contributed by atoms with E-state index in [1.807, 2.05) is 45.0 Å². The predicted molar refractivity (Wildman–Crippen MR) is 137 cm³/mol. The lowest BCUT2D eigenvalue weighted by atomic mass is 10.00. The first-order chi connectivity index (χ1) is 17.8. The quantitative estimate of drug-likeness (QED) is 0.450. The van der Waals surface area contributed by atoms with Crippen molar-refractivity contribution in [1.29, 1.82) is 0 Å². The Labute approximate surface area is 216 Å².